The predicted molar refractivity (Wildman–Crippen MR) is 54.7 cm³/mol. The van der Waals surface area contributed by atoms with Gasteiger partial charge in [-0.25, -0.2) is 0 Å². The molecule has 1 atom stereocenters. The van der Waals surface area contributed by atoms with Crippen LogP contribution in [0.2, 0.25) is 0 Å². The molecule has 0 aliphatic rings. The van der Waals surface area contributed by atoms with Crippen molar-refractivity contribution in [3.63, 3.8) is 0 Å². The molecule has 0 amide bonds. The molecule has 0 heterocycles. The van der Waals surface area contributed by atoms with Gasteiger partial charge in [-0.05, 0) is 19.4 Å². The fourth-order valence-electron chi connectivity index (χ4n) is 1.29. The SMILES string of the molecule is Cc1cc(C)cc(C(O)CBr)c1. The number of rotatable bonds is 2. The normalized spacial score (nSPS) is 13.0. The van der Waals surface area contributed by atoms with Crippen LogP contribution in [0, 0.1) is 13.8 Å². The molecule has 1 unspecified atom stereocenters. The summed E-state index contributed by atoms with van der Waals surface area (Å²) >= 11 is 3.25. The Balaban J connectivity index is 3.00. The van der Waals surface area contributed by atoms with Crippen LogP contribution in [0.15, 0.2) is 18.2 Å². The van der Waals surface area contributed by atoms with E-state index in [0.29, 0.717) is 5.33 Å². The summed E-state index contributed by atoms with van der Waals surface area (Å²) < 4.78 is 0. The molecule has 0 spiro atoms. The number of aliphatic hydroxyl groups excluding tert-OH is 1. The van der Waals surface area contributed by atoms with Crippen molar-refractivity contribution in [3.05, 3.63) is 34.9 Å². The summed E-state index contributed by atoms with van der Waals surface area (Å²) in [6, 6.07) is 6.13. The predicted octanol–water partition coefficient (Wildman–Crippen LogP) is 2.73. The van der Waals surface area contributed by atoms with Crippen molar-refractivity contribution in [2.24, 2.45) is 0 Å². The minimum Gasteiger partial charge on any atom is -0.388 e. The van der Waals surface area contributed by atoms with Crippen molar-refractivity contribution in [1.82, 2.24) is 0 Å². The van der Waals surface area contributed by atoms with E-state index in [-0.39, 0.29) is 6.10 Å². The van der Waals surface area contributed by atoms with E-state index in [2.05, 4.69) is 22.0 Å². The van der Waals surface area contributed by atoms with Gasteiger partial charge in [-0.15, -0.1) is 0 Å². The van der Waals surface area contributed by atoms with Gasteiger partial charge >= 0.3 is 0 Å². The lowest BCUT2D eigenvalue weighted by Gasteiger charge is -2.09. The zero-order valence-corrected chi connectivity index (χ0v) is 8.93. The number of aliphatic hydroxyl groups is 1. The van der Waals surface area contributed by atoms with Gasteiger partial charge < -0.3 is 5.11 Å². The lowest BCUT2D eigenvalue weighted by molar-refractivity contribution is 0.205. The molecule has 12 heavy (non-hydrogen) atoms. The van der Waals surface area contributed by atoms with Crippen molar-refractivity contribution in [2.45, 2.75) is 20.0 Å². The molecule has 1 rings (SSSR count). The van der Waals surface area contributed by atoms with E-state index in [1.165, 1.54) is 11.1 Å². The van der Waals surface area contributed by atoms with Gasteiger partial charge in [0.15, 0.2) is 0 Å². The first-order valence-electron chi connectivity index (χ1n) is 3.95. The molecule has 1 nitrogen and oxygen atoms in total. The quantitative estimate of drug-likeness (QED) is 0.773. The second kappa shape index (κ2) is 4.06. The maximum atomic E-state index is 9.53. The van der Waals surface area contributed by atoms with Gasteiger partial charge in [0.05, 0.1) is 6.10 Å². The molecule has 2 heteroatoms. The van der Waals surface area contributed by atoms with Crippen LogP contribution in [0.4, 0.5) is 0 Å². The number of alkyl halides is 1. The Kier molecular flexibility index (Phi) is 3.29. The van der Waals surface area contributed by atoms with Crippen LogP contribution in [0.1, 0.15) is 22.8 Å². The van der Waals surface area contributed by atoms with Crippen LogP contribution in [0.3, 0.4) is 0 Å². The molecule has 0 fully saturated rings. The smallest absolute Gasteiger partial charge is 0.0886 e. The zero-order valence-electron chi connectivity index (χ0n) is 7.34. The molecular formula is C10H13BrO. The number of hydrogen-bond acceptors (Lipinski definition) is 1. The van der Waals surface area contributed by atoms with E-state index in [1.54, 1.807) is 0 Å². The second-order valence-corrected chi connectivity index (χ2v) is 3.74. The molecule has 1 aromatic rings. The van der Waals surface area contributed by atoms with Gasteiger partial charge in [-0.2, -0.15) is 0 Å². The minimum absolute atomic E-state index is 0.386. The van der Waals surface area contributed by atoms with E-state index in [0.717, 1.165) is 5.56 Å². The van der Waals surface area contributed by atoms with Crippen LogP contribution >= 0.6 is 15.9 Å². The zero-order chi connectivity index (χ0) is 9.14. The molecule has 0 saturated carbocycles. The van der Waals surface area contributed by atoms with Crippen LogP contribution in [-0.2, 0) is 0 Å². The fraction of sp³-hybridized carbons (Fsp3) is 0.400. The van der Waals surface area contributed by atoms with Gasteiger partial charge in [0.2, 0.25) is 0 Å². The molecule has 0 aromatic heterocycles. The van der Waals surface area contributed by atoms with Crippen LogP contribution in [0.5, 0.6) is 0 Å². The monoisotopic (exact) mass is 228 g/mol. The summed E-state index contributed by atoms with van der Waals surface area (Å²) in [6.45, 7) is 4.08. The highest BCUT2D eigenvalue weighted by molar-refractivity contribution is 9.09. The Labute approximate surface area is 81.6 Å². The maximum absolute atomic E-state index is 9.53. The molecule has 0 saturated heterocycles. The largest absolute Gasteiger partial charge is 0.388 e. The Morgan fingerprint density at radius 2 is 1.75 bits per heavy atom. The highest BCUT2D eigenvalue weighted by atomic mass is 79.9. The van der Waals surface area contributed by atoms with E-state index in [9.17, 15) is 5.11 Å². The first kappa shape index (κ1) is 9.75. The van der Waals surface area contributed by atoms with E-state index >= 15 is 0 Å². The van der Waals surface area contributed by atoms with Crippen molar-refractivity contribution >= 4 is 15.9 Å². The number of aryl methyl sites for hydroxylation is 2. The second-order valence-electron chi connectivity index (χ2n) is 3.09. The summed E-state index contributed by atoms with van der Waals surface area (Å²) in [5, 5.41) is 10.1. The van der Waals surface area contributed by atoms with E-state index in [4.69, 9.17) is 0 Å². The summed E-state index contributed by atoms with van der Waals surface area (Å²) in [7, 11) is 0. The first-order valence-corrected chi connectivity index (χ1v) is 5.08. The third-order valence-corrected chi connectivity index (χ3v) is 2.39. The Morgan fingerprint density at radius 1 is 1.25 bits per heavy atom. The molecule has 66 valence electrons. The van der Waals surface area contributed by atoms with Crippen molar-refractivity contribution in [1.29, 1.82) is 0 Å². The standard InChI is InChI=1S/C10H13BrO/c1-7-3-8(2)5-9(4-7)10(12)6-11/h3-5,10,12H,6H2,1-2H3. The van der Waals surface area contributed by atoms with Gasteiger partial charge in [0.25, 0.3) is 0 Å². The average Bonchev–Trinajstić information content (AvgIpc) is 2.01. The summed E-state index contributed by atoms with van der Waals surface area (Å²) in [4.78, 5) is 0. The summed E-state index contributed by atoms with van der Waals surface area (Å²) in [5.74, 6) is 0. The Bertz CT molecular complexity index is 250. The average molecular weight is 229 g/mol. The van der Waals surface area contributed by atoms with Crippen LogP contribution in [-0.4, -0.2) is 10.4 Å². The number of halogens is 1. The fourth-order valence-corrected chi connectivity index (χ4v) is 1.67. The lowest BCUT2D eigenvalue weighted by atomic mass is 10.0. The van der Waals surface area contributed by atoms with Crippen LogP contribution < -0.4 is 0 Å². The molecule has 0 radical (unpaired) electrons. The van der Waals surface area contributed by atoms with Gasteiger partial charge in [-0.1, -0.05) is 45.3 Å². The minimum atomic E-state index is -0.386. The number of benzene rings is 1. The highest BCUT2D eigenvalue weighted by Crippen LogP contribution is 2.18. The molecule has 0 bridgehead atoms. The summed E-state index contributed by atoms with van der Waals surface area (Å²) in [5.41, 5.74) is 3.39. The Hall–Kier alpha value is -0.340. The van der Waals surface area contributed by atoms with Gasteiger partial charge in [0.1, 0.15) is 0 Å². The first-order chi connectivity index (χ1) is 5.63. The summed E-state index contributed by atoms with van der Waals surface area (Å²) in [6.07, 6.45) is -0.386. The Morgan fingerprint density at radius 3 is 2.17 bits per heavy atom. The van der Waals surface area contributed by atoms with Crippen LogP contribution in [0.25, 0.3) is 0 Å². The van der Waals surface area contributed by atoms with E-state index < -0.39 is 0 Å². The van der Waals surface area contributed by atoms with Crippen molar-refractivity contribution < 1.29 is 5.11 Å². The molecule has 1 N–H and O–H groups in total. The van der Waals surface area contributed by atoms with E-state index in [1.807, 2.05) is 26.0 Å². The lowest BCUT2D eigenvalue weighted by Crippen LogP contribution is -1.98. The highest BCUT2D eigenvalue weighted by Gasteiger charge is 2.05. The third-order valence-electron chi connectivity index (χ3n) is 1.77. The van der Waals surface area contributed by atoms with Crippen molar-refractivity contribution in [2.75, 3.05) is 5.33 Å². The molecule has 1 aromatic carbocycles. The molecule has 0 aliphatic carbocycles. The maximum Gasteiger partial charge on any atom is 0.0886 e. The topological polar surface area (TPSA) is 20.2 Å². The van der Waals surface area contributed by atoms with Gasteiger partial charge in [0, 0.05) is 5.33 Å². The van der Waals surface area contributed by atoms with Crippen molar-refractivity contribution in [3.8, 4) is 0 Å². The molecular weight excluding hydrogens is 216 g/mol. The number of hydrogen-bond donors (Lipinski definition) is 1. The molecule has 0 aliphatic heterocycles. The van der Waals surface area contributed by atoms with Gasteiger partial charge in [-0.3, -0.25) is 0 Å². The third kappa shape index (κ3) is 2.32.